The van der Waals surface area contributed by atoms with Crippen molar-refractivity contribution in [1.29, 1.82) is 0 Å². The van der Waals surface area contributed by atoms with Crippen molar-refractivity contribution >= 4 is 51.7 Å². The van der Waals surface area contributed by atoms with Gasteiger partial charge in [-0.3, -0.25) is 14.5 Å². The summed E-state index contributed by atoms with van der Waals surface area (Å²) in [4.78, 5) is 53.2. The molecule has 13 heteroatoms. The van der Waals surface area contributed by atoms with E-state index in [2.05, 4.69) is 52.2 Å². The highest BCUT2D eigenvalue weighted by Crippen LogP contribution is 2.44. The Balaban J connectivity index is 1.15. The molecule has 0 spiro atoms. The molecule has 4 heterocycles. The van der Waals surface area contributed by atoms with Crippen LogP contribution < -0.4 is 10.6 Å². The molecule has 3 atom stereocenters. The van der Waals surface area contributed by atoms with Crippen molar-refractivity contribution in [2.24, 2.45) is 5.16 Å². The molecule has 1 aromatic heterocycles. The van der Waals surface area contributed by atoms with Crippen LogP contribution in [0.1, 0.15) is 61.6 Å². The van der Waals surface area contributed by atoms with Crippen molar-refractivity contribution in [3.8, 4) is 0 Å². The molecule has 3 aromatic carbocycles. The van der Waals surface area contributed by atoms with Crippen LogP contribution in [0.5, 0.6) is 0 Å². The number of carbonyl (C=O) groups excluding carboxylic acids is 3. The first kappa shape index (κ1) is 37.3. The summed E-state index contributed by atoms with van der Waals surface area (Å²) >= 11 is 2.73. The number of esters is 1. The molecule has 0 unspecified atom stereocenters. The third-order valence-electron chi connectivity index (χ3n) is 9.50. The summed E-state index contributed by atoms with van der Waals surface area (Å²) in [5, 5.41) is 10.7. The number of fused-ring (bicyclic) bond motifs is 1. The summed E-state index contributed by atoms with van der Waals surface area (Å²) < 4.78 is 11.8. The van der Waals surface area contributed by atoms with Crippen LogP contribution in [-0.2, 0) is 34.2 Å². The highest BCUT2D eigenvalue weighted by Gasteiger charge is 2.56. The Morgan fingerprint density at radius 1 is 0.926 bits per heavy atom. The van der Waals surface area contributed by atoms with Crippen LogP contribution >= 0.6 is 23.1 Å². The summed E-state index contributed by atoms with van der Waals surface area (Å²) in [6.07, 6.45) is 3.99. The molecule has 3 aliphatic heterocycles. The first-order valence-corrected chi connectivity index (χ1v) is 19.8. The summed E-state index contributed by atoms with van der Waals surface area (Å²) in [7, 11) is 1.36. The Morgan fingerprint density at radius 2 is 1.54 bits per heavy atom. The van der Waals surface area contributed by atoms with Gasteiger partial charge in [-0.2, -0.15) is 0 Å². The molecule has 3 aliphatic rings. The van der Waals surface area contributed by atoms with Crippen molar-refractivity contribution in [3.05, 3.63) is 130 Å². The zero-order valence-electron chi connectivity index (χ0n) is 30.6. The normalized spacial score (nSPS) is 20.4. The number of hydrogen-bond acceptors (Lipinski definition) is 11. The molecule has 2 saturated heterocycles. The summed E-state index contributed by atoms with van der Waals surface area (Å²) in [6, 6.07) is 29.5. The van der Waals surface area contributed by atoms with Gasteiger partial charge in [-0.1, -0.05) is 107 Å². The van der Waals surface area contributed by atoms with Crippen LogP contribution in [0.15, 0.2) is 114 Å². The fourth-order valence-corrected chi connectivity index (χ4v) is 9.36. The predicted octanol–water partition coefficient (Wildman–Crippen LogP) is 6.46. The van der Waals surface area contributed by atoms with E-state index < -0.39 is 40.3 Å². The standard InChI is InChI=1S/C41H43N5O6S2/c1-40(2,3)52-38(49)34-29(30-22-14-15-23-51-30)25-53-37-33(36(48)46(34)37)43-35(47)32(45-50-4)31-24-42-39(54-31)44-41(26-16-8-5-9-17-26,27-18-10-6-11-19-27)28-20-12-7-13-21-28/h5-13,16-21,24,30,33,37H,14-15,22-23,25H2,1-4H3,(H,42,44)(H,43,47)/b45-32-/t30-,33+,37+/m0/s1. The number of thioether (sulfide) groups is 1. The highest BCUT2D eigenvalue weighted by atomic mass is 32.2. The number of oxime groups is 1. The second-order valence-electron chi connectivity index (χ2n) is 14.2. The van der Waals surface area contributed by atoms with E-state index in [9.17, 15) is 14.4 Å². The molecule has 280 valence electrons. The van der Waals surface area contributed by atoms with E-state index in [0.717, 1.165) is 41.5 Å². The lowest BCUT2D eigenvalue weighted by molar-refractivity contribution is -0.159. The number of hydrogen-bond donors (Lipinski definition) is 2. The number of anilines is 1. The Bertz CT molecular complexity index is 1950. The third-order valence-corrected chi connectivity index (χ3v) is 11.7. The Morgan fingerprint density at radius 3 is 2.07 bits per heavy atom. The van der Waals surface area contributed by atoms with Crippen molar-refractivity contribution in [2.75, 3.05) is 24.8 Å². The summed E-state index contributed by atoms with van der Waals surface area (Å²) in [5.41, 5.74) is 2.35. The maximum atomic E-state index is 14.0. The van der Waals surface area contributed by atoms with Gasteiger partial charge < -0.3 is 24.9 Å². The van der Waals surface area contributed by atoms with Gasteiger partial charge >= 0.3 is 5.97 Å². The molecule has 0 bridgehead atoms. The summed E-state index contributed by atoms with van der Waals surface area (Å²) in [6.45, 7) is 5.97. The van der Waals surface area contributed by atoms with E-state index in [1.165, 1.54) is 35.1 Å². The quantitative estimate of drug-likeness (QED) is 0.0581. The van der Waals surface area contributed by atoms with Gasteiger partial charge in [0.2, 0.25) is 0 Å². The van der Waals surface area contributed by atoms with Gasteiger partial charge in [-0.05, 0) is 62.3 Å². The van der Waals surface area contributed by atoms with Crippen molar-refractivity contribution < 1.29 is 28.7 Å². The number of rotatable bonds is 11. The number of aromatic nitrogens is 1. The minimum absolute atomic E-state index is 0.0287. The maximum Gasteiger partial charge on any atom is 0.355 e. The number of thiazole rings is 1. The number of nitrogens with one attached hydrogen (secondary N) is 2. The monoisotopic (exact) mass is 765 g/mol. The molecule has 0 saturated carbocycles. The average Bonchev–Trinajstić information content (AvgIpc) is 3.66. The lowest BCUT2D eigenvalue weighted by Gasteiger charge is -2.50. The molecule has 0 radical (unpaired) electrons. The first-order chi connectivity index (χ1) is 26.1. The van der Waals surface area contributed by atoms with Gasteiger partial charge in [0.1, 0.15) is 35.4 Å². The van der Waals surface area contributed by atoms with Crippen LogP contribution in [0.25, 0.3) is 0 Å². The largest absolute Gasteiger partial charge is 0.455 e. The first-order valence-electron chi connectivity index (χ1n) is 18.0. The molecule has 4 aromatic rings. The molecule has 11 nitrogen and oxygen atoms in total. The molecule has 2 N–H and O–H groups in total. The van der Waals surface area contributed by atoms with Gasteiger partial charge in [-0.15, -0.1) is 11.8 Å². The number of β-lactam (4-membered cyclic amide) rings is 1. The third kappa shape index (κ3) is 7.40. The molecular formula is C41H43N5O6S2. The van der Waals surface area contributed by atoms with Crippen LogP contribution in [0.2, 0.25) is 0 Å². The number of carbonyl (C=O) groups is 3. The highest BCUT2D eigenvalue weighted by molar-refractivity contribution is 8.00. The second kappa shape index (κ2) is 15.8. The number of nitrogens with zero attached hydrogens (tertiary/aromatic N) is 3. The van der Waals surface area contributed by atoms with Crippen LogP contribution in [0, 0.1) is 0 Å². The number of benzene rings is 3. The minimum atomic E-state index is -0.900. The SMILES string of the molecule is CO/N=C(\C(=O)N[C@@H]1C(=O)N2C(C(=O)OC(C)(C)C)=C([C@@H]3CCCCO3)CS[C@H]12)c1cnc(NC(c2ccccc2)(c2ccccc2)c2ccccc2)s1. The Kier molecular flexibility index (Phi) is 10.9. The van der Waals surface area contributed by atoms with Crippen molar-refractivity contribution in [2.45, 2.75) is 68.7 Å². The lowest BCUT2D eigenvalue weighted by Crippen LogP contribution is -2.71. The molecule has 7 rings (SSSR count). The molecule has 2 fully saturated rings. The molecule has 0 aliphatic carbocycles. The van der Waals surface area contributed by atoms with Gasteiger partial charge in [0.25, 0.3) is 11.8 Å². The number of ether oxygens (including phenoxy) is 2. The second-order valence-corrected chi connectivity index (χ2v) is 16.4. The van der Waals surface area contributed by atoms with E-state index in [4.69, 9.17) is 19.3 Å². The molecule has 54 heavy (non-hydrogen) atoms. The summed E-state index contributed by atoms with van der Waals surface area (Å²) in [5.74, 6) is -1.11. The average molecular weight is 766 g/mol. The van der Waals surface area contributed by atoms with Crippen LogP contribution in [-0.4, -0.2) is 76.0 Å². The van der Waals surface area contributed by atoms with Gasteiger partial charge in [0.05, 0.1) is 11.0 Å². The number of amides is 2. The van der Waals surface area contributed by atoms with Gasteiger partial charge in [0.15, 0.2) is 10.8 Å². The fourth-order valence-electron chi connectivity index (χ4n) is 7.10. The Hall–Kier alpha value is -4.98. The maximum absolute atomic E-state index is 14.0. The topological polar surface area (TPSA) is 131 Å². The smallest absolute Gasteiger partial charge is 0.355 e. The van der Waals surface area contributed by atoms with E-state index in [0.29, 0.717) is 22.4 Å². The van der Waals surface area contributed by atoms with Crippen molar-refractivity contribution in [3.63, 3.8) is 0 Å². The van der Waals surface area contributed by atoms with Gasteiger partial charge in [0, 0.05) is 18.6 Å². The lowest BCUT2D eigenvalue weighted by atomic mass is 9.77. The Labute approximate surface area is 323 Å². The minimum Gasteiger partial charge on any atom is -0.455 e. The molecule has 2 amide bonds. The zero-order chi connectivity index (χ0) is 37.9. The van der Waals surface area contributed by atoms with Gasteiger partial charge in [-0.25, -0.2) is 9.78 Å². The van der Waals surface area contributed by atoms with E-state index in [1.807, 2.05) is 54.6 Å². The van der Waals surface area contributed by atoms with Crippen LogP contribution in [0.3, 0.4) is 0 Å². The van der Waals surface area contributed by atoms with Crippen LogP contribution in [0.4, 0.5) is 5.13 Å². The fraction of sp³-hybridized carbons (Fsp3) is 0.341. The zero-order valence-corrected chi connectivity index (χ0v) is 32.2. The van der Waals surface area contributed by atoms with Crippen molar-refractivity contribution in [1.82, 2.24) is 15.2 Å². The van der Waals surface area contributed by atoms with E-state index in [1.54, 1.807) is 27.0 Å². The van der Waals surface area contributed by atoms with E-state index >= 15 is 0 Å². The molecular weight excluding hydrogens is 723 g/mol. The van der Waals surface area contributed by atoms with E-state index in [-0.39, 0.29) is 17.5 Å². The predicted molar refractivity (Wildman–Crippen MR) is 210 cm³/mol.